The van der Waals surface area contributed by atoms with E-state index in [0.29, 0.717) is 24.1 Å². The molecular weight excluding hydrogens is 460 g/mol. The van der Waals surface area contributed by atoms with Crippen molar-refractivity contribution in [2.24, 2.45) is 0 Å². The van der Waals surface area contributed by atoms with Crippen LogP contribution in [0.1, 0.15) is 18.4 Å². The standard InChI is InChI=1S/C26H26N6O2S/c33-24(31(18-23-11-6-14-34-23)17-20-7-4-12-27-15-20)19-35-26-30-29-25(21-8-5-13-28-16-21)32(26)22-9-2-1-3-10-22/h1-5,7-10,12-13,15-16,23H,6,11,14,17-19H2. The molecule has 4 aromatic rings. The van der Waals surface area contributed by atoms with Crippen molar-refractivity contribution in [3.8, 4) is 17.1 Å². The maximum atomic E-state index is 13.4. The number of thioether (sulfide) groups is 1. The molecule has 1 amide bonds. The van der Waals surface area contributed by atoms with Crippen LogP contribution in [-0.4, -0.2) is 60.5 Å². The lowest BCUT2D eigenvalue weighted by atomic mass is 10.2. The summed E-state index contributed by atoms with van der Waals surface area (Å²) in [5.74, 6) is 0.955. The molecular formula is C26H26N6O2S. The number of rotatable bonds is 9. The lowest BCUT2D eigenvalue weighted by Gasteiger charge is -2.25. The highest BCUT2D eigenvalue weighted by Gasteiger charge is 2.24. The summed E-state index contributed by atoms with van der Waals surface area (Å²) in [7, 11) is 0. The van der Waals surface area contributed by atoms with Crippen molar-refractivity contribution in [3.05, 3.63) is 84.9 Å². The van der Waals surface area contributed by atoms with Gasteiger partial charge in [-0.05, 0) is 48.7 Å². The predicted molar refractivity (Wildman–Crippen MR) is 134 cm³/mol. The molecule has 0 aliphatic carbocycles. The number of hydrogen-bond donors (Lipinski definition) is 0. The van der Waals surface area contributed by atoms with Crippen LogP contribution in [0, 0.1) is 0 Å². The Morgan fingerprint density at radius 3 is 2.57 bits per heavy atom. The molecule has 35 heavy (non-hydrogen) atoms. The number of benzene rings is 1. The van der Waals surface area contributed by atoms with Crippen molar-refractivity contribution < 1.29 is 9.53 Å². The average molecular weight is 487 g/mol. The van der Waals surface area contributed by atoms with Crippen LogP contribution >= 0.6 is 11.8 Å². The van der Waals surface area contributed by atoms with Gasteiger partial charge in [-0.2, -0.15) is 0 Å². The minimum atomic E-state index is 0.0277. The van der Waals surface area contributed by atoms with Gasteiger partial charge in [-0.25, -0.2) is 0 Å². The summed E-state index contributed by atoms with van der Waals surface area (Å²) in [5, 5.41) is 9.52. The maximum absolute atomic E-state index is 13.4. The third-order valence-corrected chi connectivity index (χ3v) is 6.70. The van der Waals surface area contributed by atoms with Gasteiger partial charge in [-0.1, -0.05) is 36.0 Å². The van der Waals surface area contributed by atoms with Gasteiger partial charge >= 0.3 is 0 Å². The molecule has 0 bridgehead atoms. The minimum Gasteiger partial charge on any atom is -0.376 e. The minimum absolute atomic E-state index is 0.0277. The van der Waals surface area contributed by atoms with Gasteiger partial charge < -0.3 is 9.64 Å². The van der Waals surface area contributed by atoms with E-state index in [-0.39, 0.29) is 17.8 Å². The molecule has 1 aliphatic heterocycles. The van der Waals surface area contributed by atoms with Crippen LogP contribution in [0.25, 0.3) is 17.1 Å². The lowest BCUT2D eigenvalue weighted by molar-refractivity contribution is -0.130. The van der Waals surface area contributed by atoms with E-state index >= 15 is 0 Å². The molecule has 5 rings (SSSR count). The Hall–Kier alpha value is -3.56. The number of nitrogens with zero attached hydrogens (tertiary/aromatic N) is 6. The highest BCUT2D eigenvalue weighted by atomic mass is 32.2. The van der Waals surface area contributed by atoms with Crippen LogP contribution in [-0.2, 0) is 16.1 Å². The van der Waals surface area contributed by atoms with E-state index in [1.165, 1.54) is 11.8 Å². The fourth-order valence-corrected chi connectivity index (χ4v) is 4.93. The molecule has 1 fully saturated rings. The van der Waals surface area contributed by atoms with Crippen molar-refractivity contribution >= 4 is 17.7 Å². The first kappa shape index (κ1) is 23.2. The molecule has 178 valence electrons. The fourth-order valence-electron chi connectivity index (χ4n) is 4.07. The molecule has 1 saturated heterocycles. The summed E-state index contributed by atoms with van der Waals surface area (Å²) in [6.07, 6.45) is 9.11. The molecule has 8 nitrogen and oxygen atoms in total. The molecule has 3 aromatic heterocycles. The first-order chi connectivity index (χ1) is 17.3. The summed E-state index contributed by atoms with van der Waals surface area (Å²) in [4.78, 5) is 23.7. The molecule has 0 saturated carbocycles. The van der Waals surface area contributed by atoms with Crippen LogP contribution in [0.5, 0.6) is 0 Å². The Morgan fingerprint density at radius 1 is 1.03 bits per heavy atom. The van der Waals surface area contributed by atoms with Gasteiger partial charge in [0.1, 0.15) is 0 Å². The maximum Gasteiger partial charge on any atom is 0.233 e. The van der Waals surface area contributed by atoms with E-state index in [0.717, 1.165) is 36.3 Å². The lowest BCUT2D eigenvalue weighted by Crippen LogP contribution is -2.38. The topological polar surface area (TPSA) is 86.0 Å². The Morgan fingerprint density at radius 2 is 1.86 bits per heavy atom. The van der Waals surface area contributed by atoms with Crippen molar-refractivity contribution in [3.63, 3.8) is 0 Å². The Labute approximate surface area is 208 Å². The van der Waals surface area contributed by atoms with Gasteiger partial charge in [0.2, 0.25) is 5.91 Å². The van der Waals surface area contributed by atoms with Gasteiger partial charge in [0.15, 0.2) is 11.0 Å². The number of ether oxygens (including phenoxy) is 1. The zero-order chi connectivity index (χ0) is 23.9. The number of hydrogen-bond acceptors (Lipinski definition) is 7. The predicted octanol–water partition coefficient (Wildman–Crippen LogP) is 4.02. The number of pyridine rings is 2. The third kappa shape index (κ3) is 5.75. The average Bonchev–Trinajstić information content (AvgIpc) is 3.58. The first-order valence-corrected chi connectivity index (χ1v) is 12.6. The quantitative estimate of drug-likeness (QED) is 0.330. The van der Waals surface area contributed by atoms with E-state index in [9.17, 15) is 4.79 Å². The number of carbonyl (C=O) groups is 1. The summed E-state index contributed by atoms with van der Waals surface area (Å²) in [5.41, 5.74) is 2.78. The molecule has 9 heteroatoms. The molecule has 1 atom stereocenters. The zero-order valence-electron chi connectivity index (χ0n) is 19.2. The van der Waals surface area contributed by atoms with Crippen molar-refractivity contribution in [1.82, 2.24) is 29.6 Å². The summed E-state index contributed by atoms with van der Waals surface area (Å²) < 4.78 is 7.79. The van der Waals surface area contributed by atoms with E-state index < -0.39 is 0 Å². The van der Waals surface area contributed by atoms with Crippen LogP contribution in [0.3, 0.4) is 0 Å². The van der Waals surface area contributed by atoms with Gasteiger partial charge in [0.25, 0.3) is 0 Å². The molecule has 1 unspecified atom stereocenters. The van der Waals surface area contributed by atoms with Gasteiger partial charge in [0, 0.05) is 55.7 Å². The first-order valence-electron chi connectivity index (χ1n) is 11.6. The van der Waals surface area contributed by atoms with Crippen LogP contribution < -0.4 is 0 Å². The van der Waals surface area contributed by atoms with Crippen LogP contribution in [0.2, 0.25) is 0 Å². The zero-order valence-corrected chi connectivity index (χ0v) is 20.1. The van der Waals surface area contributed by atoms with Gasteiger partial charge in [-0.3, -0.25) is 19.3 Å². The number of para-hydroxylation sites is 1. The second kappa shape index (κ2) is 11.2. The largest absolute Gasteiger partial charge is 0.376 e. The molecule has 1 aliphatic rings. The Bertz CT molecular complexity index is 1230. The number of aromatic nitrogens is 5. The van der Waals surface area contributed by atoms with Crippen LogP contribution in [0.15, 0.2) is 84.5 Å². The molecule has 1 aromatic carbocycles. The summed E-state index contributed by atoms with van der Waals surface area (Å²) >= 11 is 1.38. The van der Waals surface area contributed by atoms with E-state index in [4.69, 9.17) is 4.74 Å². The SMILES string of the molecule is O=C(CSc1nnc(-c2cccnc2)n1-c1ccccc1)N(Cc1cccnc1)CC1CCCO1. The fraction of sp³-hybridized carbons (Fsp3) is 0.269. The van der Waals surface area contributed by atoms with E-state index in [1.54, 1.807) is 24.8 Å². The molecule has 0 radical (unpaired) electrons. The van der Waals surface area contributed by atoms with E-state index in [1.807, 2.05) is 64.1 Å². The van der Waals surface area contributed by atoms with E-state index in [2.05, 4.69) is 20.2 Å². The molecule has 4 heterocycles. The summed E-state index contributed by atoms with van der Waals surface area (Å²) in [6, 6.07) is 17.6. The molecule has 0 spiro atoms. The smallest absolute Gasteiger partial charge is 0.233 e. The highest BCUT2D eigenvalue weighted by Crippen LogP contribution is 2.28. The Kier molecular flexibility index (Phi) is 7.45. The summed E-state index contributed by atoms with van der Waals surface area (Å²) in [6.45, 7) is 1.83. The van der Waals surface area contributed by atoms with Crippen molar-refractivity contribution in [1.29, 1.82) is 0 Å². The Balaban J connectivity index is 1.37. The van der Waals surface area contributed by atoms with Crippen molar-refractivity contribution in [2.45, 2.75) is 30.6 Å². The molecule has 0 N–H and O–H groups in total. The number of amides is 1. The second-order valence-corrected chi connectivity index (χ2v) is 9.22. The third-order valence-electron chi connectivity index (χ3n) is 5.79. The monoisotopic (exact) mass is 486 g/mol. The van der Waals surface area contributed by atoms with Crippen molar-refractivity contribution in [2.75, 3.05) is 18.9 Å². The van der Waals surface area contributed by atoms with Gasteiger partial charge in [-0.15, -0.1) is 10.2 Å². The van der Waals surface area contributed by atoms with Crippen LogP contribution in [0.4, 0.5) is 0 Å². The normalized spacial score (nSPS) is 15.3. The number of carbonyl (C=O) groups excluding carboxylic acids is 1. The second-order valence-electron chi connectivity index (χ2n) is 8.28. The van der Waals surface area contributed by atoms with Gasteiger partial charge in [0.05, 0.1) is 11.9 Å². The highest BCUT2D eigenvalue weighted by molar-refractivity contribution is 7.99.